The van der Waals surface area contributed by atoms with E-state index >= 15 is 0 Å². The quantitative estimate of drug-likeness (QED) is 0.426. The average molecular weight is 492 g/mol. The van der Waals surface area contributed by atoms with Crippen LogP contribution in [0.2, 0.25) is 0 Å². The summed E-state index contributed by atoms with van der Waals surface area (Å²) in [5.41, 5.74) is 2.70. The summed E-state index contributed by atoms with van der Waals surface area (Å²) in [6, 6.07) is 16.3. The van der Waals surface area contributed by atoms with E-state index in [1.807, 2.05) is 18.2 Å². The van der Waals surface area contributed by atoms with Crippen molar-refractivity contribution in [2.45, 2.75) is 56.7 Å². The van der Waals surface area contributed by atoms with Gasteiger partial charge >= 0.3 is 0 Å². The molecule has 1 aliphatic heterocycles. The minimum Gasteiger partial charge on any atom is -0.352 e. The third kappa shape index (κ3) is 5.22. The van der Waals surface area contributed by atoms with Crippen LogP contribution in [0.25, 0.3) is 0 Å². The maximum absolute atomic E-state index is 13.2. The molecule has 6 nitrogen and oxygen atoms in total. The van der Waals surface area contributed by atoms with Crippen LogP contribution in [-0.4, -0.2) is 32.0 Å². The monoisotopic (exact) mass is 491 g/mol. The molecule has 1 saturated carbocycles. The number of hydrogen-bond acceptors (Lipinski definition) is 3. The normalized spacial score (nSPS) is 20.6. The minimum absolute atomic E-state index is 0.0760. The average Bonchev–Trinajstić information content (AvgIpc) is 3.49. The van der Waals surface area contributed by atoms with Crippen LogP contribution < -0.4 is 10.6 Å². The zero-order chi connectivity index (χ0) is 24.2. The van der Waals surface area contributed by atoms with E-state index in [2.05, 4.69) is 43.4 Å². The fourth-order valence-corrected chi connectivity index (χ4v) is 5.63. The summed E-state index contributed by atoms with van der Waals surface area (Å²) in [6.07, 6.45) is 10.4. The van der Waals surface area contributed by atoms with Crippen molar-refractivity contribution in [1.29, 1.82) is 0 Å². The molecule has 35 heavy (non-hydrogen) atoms. The Hall–Kier alpha value is -3.26. The highest BCUT2D eigenvalue weighted by molar-refractivity contribution is 7.80. The number of thiocarbonyl (C=S) groups is 1. The summed E-state index contributed by atoms with van der Waals surface area (Å²) in [7, 11) is 0. The molecular weight excluding hydrogens is 461 g/mol. The molecule has 3 heterocycles. The van der Waals surface area contributed by atoms with Crippen molar-refractivity contribution in [1.82, 2.24) is 19.8 Å². The highest BCUT2D eigenvalue weighted by Gasteiger charge is 2.41. The van der Waals surface area contributed by atoms with Gasteiger partial charge in [0.1, 0.15) is 5.82 Å². The first-order valence-corrected chi connectivity index (χ1v) is 12.7. The predicted molar refractivity (Wildman–Crippen MR) is 138 cm³/mol. The van der Waals surface area contributed by atoms with Gasteiger partial charge in [-0.1, -0.05) is 25.3 Å². The lowest BCUT2D eigenvalue weighted by atomic mass is 9.94. The number of pyridine rings is 1. The molecule has 5 rings (SSSR count). The number of nitrogens with one attached hydrogen (secondary N) is 2. The lowest BCUT2D eigenvalue weighted by Crippen LogP contribution is -2.33. The van der Waals surface area contributed by atoms with Crippen molar-refractivity contribution < 1.29 is 9.18 Å². The van der Waals surface area contributed by atoms with Crippen LogP contribution >= 0.6 is 12.2 Å². The molecule has 2 N–H and O–H groups in total. The molecule has 1 amide bonds. The van der Waals surface area contributed by atoms with Crippen molar-refractivity contribution in [3.8, 4) is 0 Å². The number of halogens is 1. The minimum atomic E-state index is -0.333. The van der Waals surface area contributed by atoms with E-state index in [1.54, 1.807) is 18.3 Å². The van der Waals surface area contributed by atoms with Crippen LogP contribution in [0.3, 0.4) is 0 Å². The summed E-state index contributed by atoms with van der Waals surface area (Å²) in [6.45, 7) is 0.461. The molecule has 3 aromatic rings. The number of hydrogen-bond donors (Lipinski definition) is 2. The lowest BCUT2D eigenvalue weighted by molar-refractivity contribution is -0.116. The maximum atomic E-state index is 13.2. The molecule has 2 aromatic heterocycles. The molecule has 2 atom stereocenters. The molecule has 0 bridgehead atoms. The van der Waals surface area contributed by atoms with Crippen molar-refractivity contribution in [2.24, 2.45) is 0 Å². The molecule has 0 spiro atoms. The Balaban J connectivity index is 1.39. The molecular formula is C27H30FN5OS. The molecule has 0 radical (unpaired) electrons. The van der Waals surface area contributed by atoms with Crippen molar-refractivity contribution in [3.63, 3.8) is 0 Å². The van der Waals surface area contributed by atoms with Crippen LogP contribution in [0, 0.1) is 5.82 Å². The number of aromatic nitrogens is 2. The largest absolute Gasteiger partial charge is 0.352 e. The van der Waals surface area contributed by atoms with Gasteiger partial charge in [-0.2, -0.15) is 0 Å². The van der Waals surface area contributed by atoms with Gasteiger partial charge in [-0.05, 0) is 73.6 Å². The van der Waals surface area contributed by atoms with Gasteiger partial charge in [-0.15, -0.1) is 0 Å². The van der Waals surface area contributed by atoms with Crippen LogP contribution in [0.1, 0.15) is 68.0 Å². The zero-order valence-corrected chi connectivity index (χ0v) is 20.4. The highest BCUT2D eigenvalue weighted by Crippen LogP contribution is 2.41. The second kappa shape index (κ2) is 10.6. The number of amides is 1. The first-order chi connectivity index (χ1) is 17.1. The van der Waals surface area contributed by atoms with Crippen LogP contribution in [-0.2, 0) is 4.79 Å². The maximum Gasteiger partial charge on any atom is 0.226 e. The molecule has 2 fully saturated rings. The van der Waals surface area contributed by atoms with Gasteiger partial charge < -0.3 is 20.1 Å². The van der Waals surface area contributed by atoms with E-state index in [9.17, 15) is 9.18 Å². The van der Waals surface area contributed by atoms with Crippen LogP contribution in [0.15, 0.2) is 67.0 Å². The fraction of sp³-hybridized carbons (Fsp3) is 0.370. The van der Waals surface area contributed by atoms with E-state index in [0.29, 0.717) is 23.4 Å². The van der Waals surface area contributed by atoms with Gasteiger partial charge in [-0.3, -0.25) is 9.78 Å². The van der Waals surface area contributed by atoms with Gasteiger partial charge in [0, 0.05) is 42.8 Å². The van der Waals surface area contributed by atoms with Crippen LogP contribution in [0.5, 0.6) is 0 Å². The number of benzene rings is 1. The SMILES string of the molecule is O=C(CCN1C(=S)N[C@H](c2ccccn2)[C@H]1c1cccn1C1CCCCC1)Nc1ccc(F)cc1. The third-order valence-corrected chi connectivity index (χ3v) is 7.34. The summed E-state index contributed by atoms with van der Waals surface area (Å²) >= 11 is 5.77. The third-order valence-electron chi connectivity index (χ3n) is 6.99. The second-order valence-electron chi connectivity index (χ2n) is 9.26. The summed E-state index contributed by atoms with van der Waals surface area (Å²) < 4.78 is 15.6. The van der Waals surface area contributed by atoms with E-state index in [4.69, 9.17) is 12.2 Å². The van der Waals surface area contributed by atoms with E-state index < -0.39 is 0 Å². The Bertz CT molecular complexity index is 1160. The summed E-state index contributed by atoms with van der Waals surface area (Å²) in [4.78, 5) is 19.4. The topological polar surface area (TPSA) is 62.2 Å². The Morgan fingerprint density at radius 2 is 1.89 bits per heavy atom. The number of nitrogens with zero attached hydrogens (tertiary/aromatic N) is 3. The second-order valence-corrected chi connectivity index (χ2v) is 9.64. The number of rotatable bonds is 7. The molecule has 2 aliphatic rings. The molecule has 0 unspecified atom stereocenters. The zero-order valence-electron chi connectivity index (χ0n) is 19.6. The highest BCUT2D eigenvalue weighted by atomic mass is 32.1. The Kier molecular flexibility index (Phi) is 7.08. The Morgan fingerprint density at radius 1 is 1.09 bits per heavy atom. The Labute approximate surface area is 210 Å². The van der Waals surface area contributed by atoms with Gasteiger partial charge in [0.2, 0.25) is 5.91 Å². The van der Waals surface area contributed by atoms with Gasteiger partial charge in [0.05, 0.1) is 17.8 Å². The standard InChI is InChI=1S/C27H30FN5OS/c28-19-11-13-20(14-12-19)30-24(34)15-18-33-26(25(31-27(33)35)22-9-4-5-16-29-22)23-10-6-17-32(23)21-7-2-1-3-8-21/h4-6,9-14,16-17,21,25-26H,1-3,7-8,15,18H2,(H,30,34)(H,31,35)/t25-,26-/m1/s1. The van der Waals surface area contributed by atoms with Crippen molar-refractivity contribution >= 4 is 28.9 Å². The molecule has 1 saturated heterocycles. The first kappa shape index (κ1) is 23.5. The molecule has 1 aliphatic carbocycles. The molecule has 8 heteroatoms. The summed E-state index contributed by atoms with van der Waals surface area (Å²) in [5, 5.41) is 6.95. The van der Waals surface area contributed by atoms with Crippen molar-refractivity contribution in [3.05, 3.63) is 84.2 Å². The predicted octanol–water partition coefficient (Wildman–Crippen LogP) is 5.53. The van der Waals surface area contributed by atoms with Crippen molar-refractivity contribution in [2.75, 3.05) is 11.9 Å². The molecule has 1 aromatic carbocycles. The van der Waals surface area contributed by atoms with Gasteiger partial charge in [0.15, 0.2) is 5.11 Å². The van der Waals surface area contributed by atoms with Gasteiger partial charge in [0.25, 0.3) is 0 Å². The number of anilines is 1. The number of carbonyl (C=O) groups excluding carboxylic acids is 1. The fourth-order valence-electron chi connectivity index (χ4n) is 5.30. The van der Waals surface area contributed by atoms with Crippen LogP contribution in [0.4, 0.5) is 10.1 Å². The van der Waals surface area contributed by atoms with Gasteiger partial charge in [-0.25, -0.2) is 4.39 Å². The first-order valence-electron chi connectivity index (χ1n) is 12.3. The summed E-state index contributed by atoms with van der Waals surface area (Å²) in [5.74, 6) is -0.469. The van der Waals surface area contributed by atoms with E-state index in [-0.39, 0.29) is 30.2 Å². The van der Waals surface area contributed by atoms with E-state index in [0.717, 1.165) is 5.69 Å². The lowest BCUT2D eigenvalue weighted by Gasteiger charge is -2.32. The number of carbonyl (C=O) groups is 1. The Morgan fingerprint density at radius 3 is 2.63 bits per heavy atom. The smallest absolute Gasteiger partial charge is 0.226 e. The molecule has 182 valence electrons. The van der Waals surface area contributed by atoms with E-state index in [1.165, 1.54) is 49.9 Å².